The van der Waals surface area contributed by atoms with E-state index in [1.165, 1.54) is 13.2 Å². The van der Waals surface area contributed by atoms with Gasteiger partial charge in [0.1, 0.15) is 6.61 Å². The molecule has 1 aromatic rings. The summed E-state index contributed by atoms with van der Waals surface area (Å²) in [6, 6.07) is 1.80. The fraction of sp³-hybridized carbons (Fsp3) is 0.286. The number of carbonyl (C=O) groups excluding carboxylic acids is 1. The Bertz CT molecular complexity index is 468. The van der Waals surface area contributed by atoms with Crippen molar-refractivity contribution in [2.75, 3.05) is 13.7 Å². The van der Waals surface area contributed by atoms with E-state index in [0.29, 0.717) is 12.2 Å². The van der Waals surface area contributed by atoms with E-state index in [4.69, 9.17) is 9.78 Å². The summed E-state index contributed by atoms with van der Waals surface area (Å²) in [7, 11) is 1.32. The van der Waals surface area contributed by atoms with Gasteiger partial charge in [0.05, 0.1) is 13.7 Å². The molecule has 1 heterocycles. The summed E-state index contributed by atoms with van der Waals surface area (Å²) in [6.45, 7) is 6.47. The summed E-state index contributed by atoms with van der Waals surface area (Å²) in [4.78, 5) is 24.9. The van der Waals surface area contributed by atoms with E-state index in [0.717, 1.165) is 11.1 Å². The van der Waals surface area contributed by atoms with Gasteiger partial charge in [-0.2, -0.15) is 0 Å². The smallest absolute Gasteiger partial charge is 0.330 e. The lowest BCUT2D eigenvalue weighted by atomic mass is 10.0. The fourth-order valence-electron chi connectivity index (χ4n) is 1.37. The van der Waals surface area contributed by atoms with Crippen molar-refractivity contribution >= 4 is 11.5 Å². The maximum Gasteiger partial charge on any atom is 0.330 e. The maximum atomic E-state index is 11.0. The first-order chi connectivity index (χ1) is 9.19. The van der Waals surface area contributed by atoms with E-state index in [-0.39, 0.29) is 6.61 Å². The van der Waals surface area contributed by atoms with Crippen molar-refractivity contribution in [2.45, 2.75) is 13.5 Å². The van der Waals surface area contributed by atoms with Gasteiger partial charge in [-0.25, -0.2) is 14.6 Å². The molecule has 1 aromatic heterocycles. The molecule has 0 bridgehead atoms. The summed E-state index contributed by atoms with van der Waals surface area (Å²) in [5.74, 6) is -0.428. The van der Waals surface area contributed by atoms with Crippen molar-refractivity contribution in [1.29, 1.82) is 0 Å². The third-order valence-electron chi connectivity index (χ3n) is 2.29. The zero-order valence-electron chi connectivity index (χ0n) is 11.1. The number of rotatable bonds is 7. The lowest BCUT2D eigenvalue weighted by molar-refractivity contribution is -0.300. The third kappa shape index (κ3) is 5.03. The molecule has 102 valence electrons. The molecule has 0 amide bonds. The number of hydrogen-bond donors (Lipinski definition) is 0. The Morgan fingerprint density at radius 3 is 2.89 bits per heavy atom. The molecule has 1 rings (SSSR count). The summed E-state index contributed by atoms with van der Waals surface area (Å²) in [5, 5.41) is 0. The van der Waals surface area contributed by atoms with Crippen LogP contribution in [0, 0.1) is 0 Å². The van der Waals surface area contributed by atoms with Crippen LogP contribution < -0.4 is 0 Å². The van der Waals surface area contributed by atoms with E-state index in [1.54, 1.807) is 24.5 Å². The fourth-order valence-corrected chi connectivity index (χ4v) is 1.37. The molecule has 0 atom stereocenters. The molecule has 0 radical (unpaired) electrons. The van der Waals surface area contributed by atoms with Crippen LogP contribution in [-0.4, -0.2) is 24.7 Å². The highest BCUT2D eigenvalue weighted by Gasteiger charge is 2.05. The van der Waals surface area contributed by atoms with Crippen molar-refractivity contribution in [3.05, 3.63) is 48.3 Å². The third-order valence-corrected chi connectivity index (χ3v) is 2.29. The van der Waals surface area contributed by atoms with E-state index >= 15 is 0 Å². The van der Waals surface area contributed by atoms with Crippen molar-refractivity contribution in [1.82, 2.24) is 4.98 Å². The first kappa shape index (κ1) is 15.1. The largest absolute Gasteiger partial charge is 0.466 e. The molecule has 0 aromatic carbocycles. The molecule has 0 saturated carbocycles. The highest BCUT2D eigenvalue weighted by Crippen LogP contribution is 2.18. The van der Waals surface area contributed by atoms with Crippen LogP contribution in [0.5, 0.6) is 0 Å². The van der Waals surface area contributed by atoms with Crippen LogP contribution in [0.15, 0.2) is 37.2 Å². The zero-order valence-corrected chi connectivity index (χ0v) is 11.1. The molecule has 0 aliphatic rings. The predicted molar refractivity (Wildman–Crippen MR) is 70.8 cm³/mol. The highest BCUT2D eigenvalue weighted by molar-refractivity contribution is 5.86. The predicted octanol–water partition coefficient (Wildman–Crippen LogP) is 2.29. The standard InChI is InChI=1S/C14H17NO4/c1-4-18-19-10-12-9-15-8-7-13(12)11(2)5-6-14(16)17-3/h5-9H,2,4,10H2,1,3H3/b6-5+. The summed E-state index contributed by atoms with van der Waals surface area (Å²) in [5.41, 5.74) is 2.34. The first-order valence-corrected chi connectivity index (χ1v) is 5.81. The lowest BCUT2D eigenvalue weighted by Gasteiger charge is -2.08. The van der Waals surface area contributed by atoms with Crippen molar-refractivity contribution in [2.24, 2.45) is 0 Å². The van der Waals surface area contributed by atoms with Crippen molar-refractivity contribution < 1.29 is 19.3 Å². The molecular formula is C14H17NO4. The van der Waals surface area contributed by atoms with Gasteiger partial charge >= 0.3 is 5.97 Å². The number of ether oxygens (including phenoxy) is 1. The molecule has 0 N–H and O–H groups in total. The Labute approximate surface area is 112 Å². The summed E-state index contributed by atoms with van der Waals surface area (Å²) >= 11 is 0. The highest BCUT2D eigenvalue weighted by atomic mass is 17.2. The second-order valence-corrected chi connectivity index (χ2v) is 3.58. The number of aromatic nitrogens is 1. The van der Waals surface area contributed by atoms with Gasteiger partial charge < -0.3 is 4.74 Å². The van der Waals surface area contributed by atoms with Crippen LogP contribution in [-0.2, 0) is 25.9 Å². The Morgan fingerprint density at radius 1 is 1.42 bits per heavy atom. The first-order valence-electron chi connectivity index (χ1n) is 5.81. The Kier molecular flexibility index (Phi) is 6.49. The molecule has 0 unspecified atom stereocenters. The van der Waals surface area contributed by atoms with E-state index in [9.17, 15) is 4.79 Å². The van der Waals surface area contributed by atoms with Gasteiger partial charge in [0.15, 0.2) is 0 Å². The number of pyridine rings is 1. The lowest BCUT2D eigenvalue weighted by Crippen LogP contribution is -1.99. The van der Waals surface area contributed by atoms with E-state index in [2.05, 4.69) is 16.3 Å². The van der Waals surface area contributed by atoms with Gasteiger partial charge in [-0.1, -0.05) is 6.58 Å². The molecule has 5 nitrogen and oxygen atoms in total. The Balaban J connectivity index is 2.78. The summed E-state index contributed by atoms with van der Waals surface area (Å²) in [6.07, 6.45) is 6.23. The second kappa shape index (κ2) is 8.18. The average molecular weight is 263 g/mol. The number of nitrogens with zero attached hydrogens (tertiary/aromatic N) is 1. The maximum absolute atomic E-state index is 11.0. The quantitative estimate of drug-likeness (QED) is 0.189. The van der Waals surface area contributed by atoms with Gasteiger partial charge in [-0.3, -0.25) is 4.98 Å². The Morgan fingerprint density at radius 2 is 2.21 bits per heavy atom. The molecule has 0 saturated heterocycles. The van der Waals surface area contributed by atoms with Crippen molar-refractivity contribution in [3.63, 3.8) is 0 Å². The van der Waals surface area contributed by atoms with E-state index < -0.39 is 5.97 Å². The minimum Gasteiger partial charge on any atom is -0.466 e. The van der Waals surface area contributed by atoms with Crippen molar-refractivity contribution in [3.8, 4) is 0 Å². The SMILES string of the molecule is C=C(/C=C/C(=O)OC)c1ccncc1COOCC. The van der Waals surface area contributed by atoms with Crippen LogP contribution in [0.1, 0.15) is 18.1 Å². The van der Waals surface area contributed by atoms with Gasteiger partial charge in [0, 0.05) is 24.0 Å². The minimum absolute atomic E-state index is 0.266. The summed E-state index contributed by atoms with van der Waals surface area (Å²) < 4.78 is 4.52. The molecule has 0 aliphatic carbocycles. The van der Waals surface area contributed by atoms with Crippen LogP contribution in [0.25, 0.3) is 5.57 Å². The van der Waals surface area contributed by atoms with Crippen LogP contribution >= 0.6 is 0 Å². The van der Waals surface area contributed by atoms with Crippen LogP contribution in [0.4, 0.5) is 0 Å². The molecule has 5 heteroatoms. The van der Waals surface area contributed by atoms with Gasteiger partial charge in [-0.05, 0) is 30.2 Å². The Hall–Kier alpha value is -1.98. The molecular weight excluding hydrogens is 246 g/mol. The number of hydrogen-bond acceptors (Lipinski definition) is 5. The zero-order chi connectivity index (χ0) is 14.1. The molecule has 0 aliphatic heterocycles. The van der Waals surface area contributed by atoms with E-state index in [1.807, 2.05) is 6.92 Å². The normalized spacial score (nSPS) is 10.6. The molecule has 19 heavy (non-hydrogen) atoms. The van der Waals surface area contributed by atoms with Gasteiger partial charge in [0.25, 0.3) is 0 Å². The average Bonchev–Trinajstić information content (AvgIpc) is 2.45. The molecule has 0 spiro atoms. The van der Waals surface area contributed by atoms with Gasteiger partial charge in [-0.15, -0.1) is 0 Å². The topological polar surface area (TPSA) is 57.7 Å². The second-order valence-electron chi connectivity index (χ2n) is 3.58. The number of methoxy groups -OCH3 is 1. The van der Waals surface area contributed by atoms with Gasteiger partial charge in [0.2, 0.25) is 0 Å². The number of carbonyl (C=O) groups is 1. The van der Waals surface area contributed by atoms with Crippen LogP contribution in [0.2, 0.25) is 0 Å². The monoisotopic (exact) mass is 263 g/mol. The number of esters is 1. The number of allylic oxidation sites excluding steroid dienone is 2. The minimum atomic E-state index is -0.428. The molecule has 0 fully saturated rings. The van der Waals surface area contributed by atoms with Crippen LogP contribution in [0.3, 0.4) is 0 Å².